The summed E-state index contributed by atoms with van der Waals surface area (Å²) in [5, 5.41) is 0. The Hall–Kier alpha value is -1.90. The highest BCUT2D eigenvalue weighted by molar-refractivity contribution is 6.23. The second kappa shape index (κ2) is 5.58. The first kappa shape index (κ1) is 15.6. The van der Waals surface area contributed by atoms with E-state index in [1.807, 2.05) is 24.3 Å². The topological polar surface area (TPSA) is 37.4 Å². The van der Waals surface area contributed by atoms with Crippen LogP contribution < -0.4 is 4.90 Å². The first-order valence-electron chi connectivity index (χ1n) is 9.18. The Morgan fingerprint density at radius 1 is 1.00 bits per heavy atom. The lowest BCUT2D eigenvalue weighted by Crippen LogP contribution is -2.33. The van der Waals surface area contributed by atoms with Crippen LogP contribution in [0.3, 0.4) is 0 Å². The van der Waals surface area contributed by atoms with Crippen LogP contribution in [0.4, 0.5) is 5.69 Å². The van der Waals surface area contributed by atoms with Crippen molar-refractivity contribution in [1.29, 1.82) is 0 Å². The normalized spacial score (nSPS) is 31.1. The van der Waals surface area contributed by atoms with E-state index in [9.17, 15) is 9.59 Å². The minimum atomic E-state index is -0.114. The maximum Gasteiger partial charge on any atom is 0.238 e. The number of rotatable bonds is 3. The number of nitrogens with zero attached hydrogens (tertiary/aromatic N) is 1. The smallest absolute Gasteiger partial charge is 0.238 e. The van der Waals surface area contributed by atoms with Gasteiger partial charge in [0, 0.05) is 0 Å². The van der Waals surface area contributed by atoms with E-state index in [4.69, 9.17) is 0 Å². The van der Waals surface area contributed by atoms with Gasteiger partial charge >= 0.3 is 0 Å². The van der Waals surface area contributed by atoms with Gasteiger partial charge in [-0.25, -0.2) is 0 Å². The summed E-state index contributed by atoms with van der Waals surface area (Å²) in [6.45, 7) is 6.40. The monoisotopic (exact) mass is 323 g/mol. The van der Waals surface area contributed by atoms with Crippen LogP contribution in [0.25, 0.3) is 0 Å². The lowest BCUT2D eigenvalue weighted by Gasteiger charge is -2.19. The zero-order chi connectivity index (χ0) is 17.0. The molecule has 0 radical (unpaired) electrons. The van der Waals surface area contributed by atoms with E-state index < -0.39 is 0 Å². The molecule has 1 heterocycles. The minimum Gasteiger partial charge on any atom is -0.274 e. The van der Waals surface area contributed by atoms with Crippen molar-refractivity contribution < 1.29 is 9.59 Å². The van der Waals surface area contributed by atoms with Gasteiger partial charge in [-0.1, -0.05) is 36.6 Å². The van der Waals surface area contributed by atoms with Crippen molar-refractivity contribution in [3.05, 3.63) is 41.0 Å². The molecule has 3 nitrogen and oxygen atoms in total. The Labute approximate surface area is 143 Å². The molecule has 24 heavy (non-hydrogen) atoms. The number of carbonyl (C=O) groups is 2. The van der Waals surface area contributed by atoms with Crippen LogP contribution in [0, 0.1) is 23.7 Å². The van der Waals surface area contributed by atoms with Crippen LogP contribution >= 0.6 is 0 Å². The highest BCUT2D eigenvalue weighted by atomic mass is 16.2. The summed E-state index contributed by atoms with van der Waals surface area (Å²) >= 11 is 0. The van der Waals surface area contributed by atoms with E-state index in [-0.39, 0.29) is 23.7 Å². The highest BCUT2D eigenvalue weighted by Gasteiger charge is 2.63. The number of aryl methyl sites for hydroxylation is 1. The molecule has 2 bridgehead atoms. The fraction of sp³-hybridized carbons (Fsp3) is 0.524. The Balaban J connectivity index is 1.67. The molecule has 4 rings (SSSR count). The molecule has 3 fully saturated rings. The molecule has 2 saturated carbocycles. The van der Waals surface area contributed by atoms with Crippen molar-refractivity contribution in [2.24, 2.45) is 23.7 Å². The molecular weight excluding hydrogens is 298 g/mol. The molecule has 0 N–H and O–H groups in total. The Morgan fingerprint density at radius 3 is 2.00 bits per heavy atom. The number of amides is 2. The van der Waals surface area contributed by atoms with Gasteiger partial charge in [0.2, 0.25) is 11.8 Å². The zero-order valence-corrected chi connectivity index (χ0v) is 14.7. The van der Waals surface area contributed by atoms with E-state index in [0.29, 0.717) is 11.8 Å². The number of anilines is 1. The van der Waals surface area contributed by atoms with Gasteiger partial charge in [0.05, 0.1) is 17.5 Å². The number of hydrogen-bond donors (Lipinski definition) is 0. The van der Waals surface area contributed by atoms with Gasteiger partial charge in [0.1, 0.15) is 0 Å². The molecule has 3 heteroatoms. The number of carbonyl (C=O) groups excluding carboxylic acids is 2. The number of allylic oxidation sites excluding steroid dienone is 2. The van der Waals surface area contributed by atoms with Crippen LogP contribution in [0.5, 0.6) is 0 Å². The zero-order valence-electron chi connectivity index (χ0n) is 14.7. The third-order valence-electron chi connectivity index (χ3n) is 6.16. The molecule has 3 aliphatic rings. The molecule has 1 aliphatic heterocycles. The Morgan fingerprint density at radius 2 is 1.54 bits per heavy atom. The predicted octanol–water partition coefficient (Wildman–Crippen LogP) is 4.12. The van der Waals surface area contributed by atoms with E-state index in [1.54, 1.807) is 0 Å². The fourth-order valence-electron chi connectivity index (χ4n) is 5.35. The summed E-state index contributed by atoms with van der Waals surface area (Å²) < 4.78 is 0. The lowest BCUT2D eigenvalue weighted by atomic mass is 9.81. The van der Waals surface area contributed by atoms with Crippen molar-refractivity contribution >= 4 is 17.5 Å². The van der Waals surface area contributed by atoms with Gasteiger partial charge in [-0.2, -0.15) is 0 Å². The van der Waals surface area contributed by atoms with Crippen molar-refractivity contribution in [1.82, 2.24) is 0 Å². The molecule has 126 valence electrons. The Bertz CT molecular complexity index is 695. The predicted molar refractivity (Wildman–Crippen MR) is 94.5 cm³/mol. The first-order chi connectivity index (χ1) is 11.5. The van der Waals surface area contributed by atoms with Gasteiger partial charge < -0.3 is 0 Å². The van der Waals surface area contributed by atoms with Gasteiger partial charge in [0.15, 0.2) is 0 Å². The van der Waals surface area contributed by atoms with Crippen LogP contribution in [0.1, 0.15) is 45.6 Å². The quantitative estimate of drug-likeness (QED) is 0.620. The van der Waals surface area contributed by atoms with Crippen LogP contribution in [0.15, 0.2) is 35.4 Å². The maximum atomic E-state index is 13.0. The van der Waals surface area contributed by atoms with Gasteiger partial charge in [-0.05, 0) is 62.6 Å². The minimum absolute atomic E-state index is 0.0270. The highest BCUT2D eigenvalue weighted by Crippen LogP contribution is 2.60. The summed E-state index contributed by atoms with van der Waals surface area (Å²) in [7, 11) is 0. The van der Waals surface area contributed by atoms with Gasteiger partial charge in [-0.15, -0.1) is 0 Å². The number of fused-ring (bicyclic) bond motifs is 5. The van der Waals surface area contributed by atoms with Crippen LogP contribution in [-0.4, -0.2) is 11.8 Å². The average Bonchev–Trinajstić information content (AvgIpc) is 3.19. The molecule has 2 aliphatic carbocycles. The summed E-state index contributed by atoms with van der Waals surface area (Å²) in [5.74, 6) is 0.419. The standard InChI is InChI=1S/C21H25NO2/c1-4-5-13-6-8-14(9-7-13)22-20(23)18-15-10-11-16(17(15)12(2)3)19(18)21(22)24/h6-9,15-16,18-19H,4-5,10-11H2,1-3H3/t15-,16+,18+,19-. The third-order valence-corrected chi connectivity index (χ3v) is 6.16. The largest absolute Gasteiger partial charge is 0.274 e. The van der Waals surface area contributed by atoms with Crippen LogP contribution in [-0.2, 0) is 16.0 Å². The summed E-state index contributed by atoms with van der Waals surface area (Å²) in [5.41, 5.74) is 4.72. The average molecular weight is 323 g/mol. The molecule has 2 amide bonds. The molecule has 0 unspecified atom stereocenters. The molecule has 0 aromatic heterocycles. The number of imide groups is 1. The number of benzene rings is 1. The molecule has 0 spiro atoms. The fourth-order valence-corrected chi connectivity index (χ4v) is 5.35. The third kappa shape index (κ3) is 2.03. The Kier molecular flexibility index (Phi) is 3.63. The SMILES string of the molecule is CCCc1ccc(N2C(=O)[C@@H]3[C@H](C2=O)[C@H]2CC[C@@H]3C2=C(C)C)cc1. The van der Waals surface area contributed by atoms with Crippen LogP contribution in [0.2, 0.25) is 0 Å². The van der Waals surface area contributed by atoms with E-state index in [0.717, 1.165) is 31.4 Å². The lowest BCUT2D eigenvalue weighted by molar-refractivity contribution is -0.123. The van der Waals surface area contributed by atoms with Gasteiger partial charge in [0.25, 0.3) is 0 Å². The summed E-state index contributed by atoms with van der Waals surface area (Å²) in [4.78, 5) is 27.6. The van der Waals surface area contributed by atoms with Crippen molar-refractivity contribution in [2.45, 2.75) is 46.5 Å². The molecule has 4 atom stereocenters. The van der Waals surface area contributed by atoms with E-state index >= 15 is 0 Å². The molecule has 1 aromatic rings. The summed E-state index contributed by atoms with van der Waals surface area (Å²) in [6.07, 6.45) is 4.25. The van der Waals surface area contributed by atoms with Crippen molar-refractivity contribution in [3.8, 4) is 0 Å². The van der Waals surface area contributed by atoms with Crippen molar-refractivity contribution in [3.63, 3.8) is 0 Å². The van der Waals surface area contributed by atoms with Gasteiger partial charge in [-0.3, -0.25) is 14.5 Å². The molecular formula is C21H25NO2. The second-order valence-electron chi connectivity index (χ2n) is 7.73. The summed E-state index contributed by atoms with van der Waals surface area (Å²) in [6, 6.07) is 7.96. The number of hydrogen-bond acceptors (Lipinski definition) is 2. The van der Waals surface area contributed by atoms with E-state index in [1.165, 1.54) is 21.6 Å². The maximum absolute atomic E-state index is 13.0. The first-order valence-corrected chi connectivity index (χ1v) is 9.18. The molecule has 1 saturated heterocycles. The molecule has 1 aromatic carbocycles. The second-order valence-corrected chi connectivity index (χ2v) is 7.73. The van der Waals surface area contributed by atoms with Crippen molar-refractivity contribution in [2.75, 3.05) is 4.90 Å². The van der Waals surface area contributed by atoms with E-state index in [2.05, 4.69) is 20.8 Å².